The van der Waals surface area contributed by atoms with E-state index in [4.69, 9.17) is 32.7 Å². The number of benzene rings is 2. The van der Waals surface area contributed by atoms with Crippen LogP contribution in [0.3, 0.4) is 0 Å². The van der Waals surface area contributed by atoms with Gasteiger partial charge in [0.1, 0.15) is 13.2 Å². The average molecular weight is 374 g/mol. The highest BCUT2D eigenvalue weighted by molar-refractivity contribution is 9.09. The summed E-state index contributed by atoms with van der Waals surface area (Å²) in [5.41, 5.74) is 1.87. The number of rotatable bonds is 2. The molecule has 1 aliphatic heterocycles. The first-order valence-corrected chi connectivity index (χ1v) is 7.81. The highest BCUT2D eigenvalue weighted by Crippen LogP contribution is 2.43. The molecule has 0 radical (unpaired) electrons. The summed E-state index contributed by atoms with van der Waals surface area (Å²) >= 11 is 16.2. The Labute approximate surface area is 135 Å². The molecule has 0 spiro atoms. The van der Waals surface area contributed by atoms with Crippen LogP contribution >= 0.6 is 39.1 Å². The number of alkyl halides is 1. The van der Waals surface area contributed by atoms with E-state index in [-0.39, 0.29) is 4.83 Å². The predicted octanol–water partition coefficient (Wildman–Crippen LogP) is 5.25. The molecule has 0 bridgehead atoms. The normalized spacial score (nSPS) is 14.9. The average Bonchev–Trinajstić information content (AvgIpc) is 2.46. The molecule has 3 rings (SSSR count). The second kappa shape index (κ2) is 5.84. The van der Waals surface area contributed by atoms with E-state index in [0.29, 0.717) is 34.8 Å². The molecule has 1 heterocycles. The van der Waals surface area contributed by atoms with Crippen LogP contribution in [0.5, 0.6) is 11.5 Å². The first-order chi connectivity index (χ1) is 9.66. The minimum Gasteiger partial charge on any atom is -0.486 e. The Kier molecular flexibility index (Phi) is 4.11. The summed E-state index contributed by atoms with van der Waals surface area (Å²) in [6, 6.07) is 11.4. The van der Waals surface area contributed by atoms with E-state index in [1.807, 2.05) is 30.3 Å². The van der Waals surface area contributed by atoms with Gasteiger partial charge < -0.3 is 9.47 Å². The lowest BCUT2D eigenvalue weighted by Crippen LogP contribution is -2.15. The van der Waals surface area contributed by atoms with E-state index >= 15 is 0 Å². The summed E-state index contributed by atoms with van der Waals surface area (Å²) in [6.07, 6.45) is 0. The Morgan fingerprint density at radius 2 is 1.55 bits per heavy atom. The van der Waals surface area contributed by atoms with Gasteiger partial charge in [0, 0.05) is 16.1 Å². The zero-order valence-electron chi connectivity index (χ0n) is 10.4. The Bertz CT molecular complexity index is 646. The highest BCUT2D eigenvalue weighted by atomic mass is 79.9. The van der Waals surface area contributed by atoms with Crippen LogP contribution < -0.4 is 9.47 Å². The van der Waals surface area contributed by atoms with Gasteiger partial charge in [0.05, 0.1) is 4.83 Å². The van der Waals surface area contributed by atoms with Gasteiger partial charge in [-0.25, -0.2) is 0 Å². The number of hydrogen-bond donors (Lipinski definition) is 0. The van der Waals surface area contributed by atoms with Gasteiger partial charge in [0.15, 0.2) is 11.5 Å². The molecule has 0 saturated carbocycles. The van der Waals surface area contributed by atoms with Gasteiger partial charge in [-0.05, 0) is 23.3 Å². The fourth-order valence-electron chi connectivity index (χ4n) is 2.12. The third kappa shape index (κ3) is 2.62. The van der Waals surface area contributed by atoms with E-state index in [1.165, 1.54) is 0 Å². The van der Waals surface area contributed by atoms with Crippen molar-refractivity contribution in [2.75, 3.05) is 13.2 Å². The maximum atomic E-state index is 6.35. The molecule has 2 aromatic rings. The van der Waals surface area contributed by atoms with Gasteiger partial charge in [0.2, 0.25) is 0 Å². The van der Waals surface area contributed by atoms with Crippen molar-refractivity contribution in [2.45, 2.75) is 4.83 Å². The molecule has 0 N–H and O–H groups in total. The topological polar surface area (TPSA) is 18.5 Å². The minimum atomic E-state index is -0.0977. The third-order valence-electron chi connectivity index (χ3n) is 3.11. The van der Waals surface area contributed by atoms with Crippen LogP contribution in [0.2, 0.25) is 10.0 Å². The van der Waals surface area contributed by atoms with Crippen LogP contribution in [-0.2, 0) is 0 Å². The van der Waals surface area contributed by atoms with Gasteiger partial charge in [-0.1, -0.05) is 57.3 Å². The van der Waals surface area contributed by atoms with Gasteiger partial charge in [-0.15, -0.1) is 0 Å². The zero-order valence-corrected chi connectivity index (χ0v) is 13.5. The molecule has 0 fully saturated rings. The van der Waals surface area contributed by atoms with E-state index < -0.39 is 0 Å². The SMILES string of the molecule is Clc1ccccc1C(Br)c1cc2c(cc1Cl)OCCO2. The third-order valence-corrected chi connectivity index (χ3v) is 4.77. The summed E-state index contributed by atoms with van der Waals surface area (Å²) < 4.78 is 11.1. The van der Waals surface area contributed by atoms with Crippen molar-refractivity contribution < 1.29 is 9.47 Å². The second-order valence-electron chi connectivity index (χ2n) is 4.40. The van der Waals surface area contributed by atoms with E-state index in [0.717, 1.165) is 11.1 Å². The number of ether oxygens (including phenoxy) is 2. The van der Waals surface area contributed by atoms with Crippen molar-refractivity contribution >= 4 is 39.1 Å². The smallest absolute Gasteiger partial charge is 0.162 e. The lowest BCUT2D eigenvalue weighted by Gasteiger charge is -2.21. The minimum absolute atomic E-state index is 0.0977. The maximum Gasteiger partial charge on any atom is 0.162 e. The quantitative estimate of drug-likeness (QED) is 0.669. The van der Waals surface area contributed by atoms with Crippen molar-refractivity contribution in [2.24, 2.45) is 0 Å². The van der Waals surface area contributed by atoms with Crippen molar-refractivity contribution in [3.05, 3.63) is 57.6 Å². The van der Waals surface area contributed by atoms with Crippen LogP contribution in [-0.4, -0.2) is 13.2 Å². The van der Waals surface area contributed by atoms with Gasteiger partial charge in [-0.2, -0.15) is 0 Å². The molecule has 0 saturated heterocycles. The van der Waals surface area contributed by atoms with Gasteiger partial charge in [0.25, 0.3) is 0 Å². The maximum absolute atomic E-state index is 6.35. The molecule has 0 amide bonds. The highest BCUT2D eigenvalue weighted by Gasteiger charge is 2.21. The predicted molar refractivity (Wildman–Crippen MR) is 84.7 cm³/mol. The molecule has 20 heavy (non-hydrogen) atoms. The molecular weight excluding hydrogens is 363 g/mol. The summed E-state index contributed by atoms with van der Waals surface area (Å²) in [5.74, 6) is 1.40. The zero-order chi connectivity index (χ0) is 14.1. The van der Waals surface area contributed by atoms with E-state index in [1.54, 1.807) is 6.07 Å². The van der Waals surface area contributed by atoms with Gasteiger partial charge >= 0.3 is 0 Å². The Morgan fingerprint density at radius 1 is 0.900 bits per heavy atom. The summed E-state index contributed by atoms with van der Waals surface area (Å²) in [6.45, 7) is 1.10. The van der Waals surface area contributed by atoms with Gasteiger partial charge in [-0.3, -0.25) is 0 Å². The van der Waals surface area contributed by atoms with Crippen LogP contribution in [0.25, 0.3) is 0 Å². The lowest BCUT2D eigenvalue weighted by molar-refractivity contribution is 0.171. The van der Waals surface area contributed by atoms with Crippen LogP contribution in [0.4, 0.5) is 0 Å². The Hall–Kier alpha value is -0.900. The number of fused-ring (bicyclic) bond motifs is 1. The van der Waals surface area contributed by atoms with Crippen LogP contribution in [0, 0.1) is 0 Å². The number of hydrogen-bond acceptors (Lipinski definition) is 2. The molecule has 104 valence electrons. The molecule has 2 nitrogen and oxygen atoms in total. The fourth-order valence-corrected chi connectivity index (χ4v) is 3.67. The van der Waals surface area contributed by atoms with Crippen molar-refractivity contribution in [1.29, 1.82) is 0 Å². The van der Waals surface area contributed by atoms with Crippen molar-refractivity contribution in [1.82, 2.24) is 0 Å². The molecule has 1 unspecified atom stereocenters. The monoisotopic (exact) mass is 372 g/mol. The van der Waals surface area contributed by atoms with Crippen LogP contribution in [0.15, 0.2) is 36.4 Å². The molecule has 1 atom stereocenters. The molecule has 5 heteroatoms. The van der Waals surface area contributed by atoms with Crippen LogP contribution in [0.1, 0.15) is 16.0 Å². The lowest BCUT2D eigenvalue weighted by atomic mass is 10.0. The standard InChI is InChI=1S/C15H11BrCl2O2/c16-15(9-3-1-2-4-11(9)17)10-7-13-14(8-12(10)18)20-6-5-19-13/h1-4,7-8,15H,5-6H2. The fraction of sp³-hybridized carbons (Fsp3) is 0.200. The summed E-state index contributed by atoms with van der Waals surface area (Å²) in [5, 5.41) is 1.32. The molecule has 1 aliphatic rings. The van der Waals surface area contributed by atoms with E-state index in [2.05, 4.69) is 15.9 Å². The molecule has 2 aromatic carbocycles. The second-order valence-corrected chi connectivity index (χ2v) is 6.13. The first-order valence-electron chi connectivity index (χ1n) is 6.14. The van der Waals surface area contributed by atoms with Crippen molar-refractivity contribution in [3.63, 3.8) is 0 Å². The molecule has 0 aliphatic carbocycles. The largest absolute Gasteiger partial charge is 0.486 e. The molecule has 0 aromatic heterocycles. The summed E-state index contributed by atoms with van der Waals surface area (Å²) in [7, 11) is 0. The van der Waals surface area contributed by atoms with Crippen molar-refractivity contribution in [3.8, 4) is 11.5 Å². The number of halogens is 3. The Morgan fingerprint density at radius 3 is 2.25 bits per heavy atom. The first kappa shape index (κ1) is 14.1. The summed E-state index contributed by atoms with van der Waals surface area (Å²) in [4.78, 5) is -0.0977. The molecular formula is C15H11BrCl2O2. The van der Waals surface area contributed by atoms with E-state index in [9.17, 15) is 0 Å². The Balaban J connectivity index is 2.03.